The average Bonchev–Trinajstić information content (AvgIpc) is 2.13. The number of rotatable bonds is 5. The summed E-state index contributed by atoms with van der Waals surface area (Å²) < 4.78 is 6.54. The monoisotopic (exact) mass is 224 g/mol. The van der Waals surface area contributed by atoms with Crippen molar-refractivity contribution in [1.29, 1.82) is 0 Å². The average molecular weight is 224 g/mol. The zero-order valence-corrected chi connectivity index (χ0v) is 10.4. The maximum absolute atomic E-state index is 5.78. The minimum absolute atomic E-state index is 0.602. The number of nitrogens with zero attached hydrogens (tertiary/aromatic N) is 1. The van der Waals surface area contributed by atoms with Gasteiger partial charge in [-0.1, -0.05) is 0 Å². The van der Waals surface area contributed by atoms with Gasteiger partial charge >= 0.3 is 0 Å². The molecule has 0 unspecified atom stereocenters. The summed E-state index contributed by atoms with van der Waals surface area (Å²) in [4.78, 5) is 0. The molecule has 0 aromatic heterocycles. The lowest BCUT2D eigenvalue weighted by molar-refractivity contribution is -0.870. The van der Waals surface area contributed by atoms with E-state index in [2.05, 4.69) is 21.1 Å². The van der Waals surface area contributed by atoms with E-state index in [0.717, 1.165) is 23.2 Å². The molecular weight excluding hydrogens is 202 g/mol. The van der Waals surface area contributed by atoms with E-state index in [4.69, 9.17) is 16.2 Å². The molecule has 1 aromatic rings. The van der Waals surface area contributed by atoms with Crippen LogP contribution in [0.25, 0.3) is 0 Å². The Morgan fingerprint density at radius 1 is 1.19 bits per heavy atom. The van der Waals surface area contributed by atoms with Crippen LogP contribution in [0.2, 0.25) is 0 Å². The van der Waals surface area contributed by atoms with Crippen molar-refractivity contribution in [2.24, 2.45) is 0 Å². The highest BCUT2D eigenvalue weighted by molar-refractivity contribution is 5.60. The Balaban J connectivity index is 2.38. The highest BCUT2D eigenvalue weighted by atomic mass is 16.5. The molecule has 0 heterocycles. The summed E-state index contributed by atoms with van der Waals surface area (Å²) in [6.07, 6.45) is 1.01. The first-order valence-electron chi connectivity index (χ1n) is 5.47. The molecule has 0 bridgehead atoms. The fraction of sp³-hybridized carbons (Fsp3) is 0.500. The van der Waals surface area contributed by atoms with Gasteiger partial charge in [0.05, 0.1) is 40.0 Å². The Kier molecular flexibility index (Phi) is 4.01. The first-order valence-corrected chi connectivity index (χ1v) is 5.47. The predicted molar refractivity (Wildman–Crippen MR) is 68.3 cm³/mol. The lowest BCUT2D eigenvalue weighted by Gasteiger charge is -2.23. The van der Waals surface area contributed by atoms with Crippen LogP contribution in [0.3, 0.4) is 0 Å². The van der Waals surface area contributed by atoms with Crippen molar-refractivity contribution >= 4 is 11.4 Å². The topological polar surface area (TPSA) is 61.3 Å². The van der Waals surface area contributed by atoms with Gasteiger partial charge in [-0.25, -0.2) is 0 Å². The van der Waals surface area contributed by atoms with Gasteiger partial charge in [0.25, 0.3) is 0 Å². The predicted octanol–water partition coefficient (Wildman–Crippen LogP) is 1.33. The number of nitrogen functional groups attached to an aromatic ring is 2. The lowest BCUT2D eigenvalue weighted by Crippen LogP contribution is -2.35. The molecule has 0 spiro atoms. The van der Waals surface area contributed by atoms with Gasteiger partial charge in [-0.05, 0) is 18.2 Å². The Morgan fingerprint density at radius 2 is 1.88 bits per heavy atom. The van der Waals surface area contributed by atoms with Gasteiger partial charge in [0.2, 0.25) is 0 Å². The second-order valence-corrected chi connectivity index (χ2v) is 5.01. The zero-order valence-electron chi connectivity index (χ0n) is 10.4. The number of nitrogens with two attached hydrogens (primary N) is 2. The molecule has 1 rings (SSSR count). The molecule has 0 saturated heterocycles. The van der Waals surface area contributed by atoms with Gasteiger partial charge < -0.3 is 20.7 Å². The summed E-state index contributed by atoms with van der Waals surface area (Å²) in [6.45, 7) is 1.76. The van der Waals surface area contributed by atoms with Crippen molar-refractivity contribution in [2.75, 3.05) is 45.8 Å². The number of anilines is 2. The van der Waals surface area contributed by atoms with E-state index < -0.39 is 0 Å². The van der Waals surface area contributed by atoms with Crippen LogP contribution in [-0.2, 0) is 0 Å². The molecule has 0 radical (unpaired) electrons. The summed E-state index contributed by atoms with van der Waals surface area (Å²) in [5, 5.41) is 0. The van der Waals surface area contributed by atoms with E-state index >= 15 is 0 Å². The number of hydrogen-bond donors (Lipinski definition) is 2. The van der Waals surface area contributed by atoms with Crippen molar-refractivity contribution < 1.29 is 9.22 Å². The van der Waals surface area contributed by atoms with E-state index in [-0.39, 0.29) is 0 Å². The number of benzene rings is 1. The smallest absolute Gasteiger partial charge is 0.142 e. The number of hydrogen-bond acceptors (Lipinski definition) is 3. The van der Waals surface area contributed by atoms with Crippen LogP contribution in [-0.4, -0.2) is 38.8 Å². The van der Waals surface area contributed by atoms with E-state index in [1.165, 1.54) is 0 Å². The first-order chi connectivity index (χ1) is 7.38. The van der Waals surface area contributed by atoms with Crippen LogP contribution in [0.1, 0.15) is 6.42 Å². The SMILES string of the molecule is C[N+](C)(C)CCCOc1ccc(N)cc1N. The third-order valence-corrected chi connectivity index (χ3v) is 2.26. The van der Waals surface area contributed by atoms with Gasteiger partial charge in [0, 0.05) is 12.1 Å². The van der Waals surface area contributed by atoms with Crippen LogP contribution in [0.5, 0.6) is 5.75 Å². The van der Waals surface area contributed by atoms with Gasteiger partial charge in [0.15, 0.2) is 0 Å². The molecular formula is C12H22N3O+. The molecule has 1 aromatic carbocycles. The summed E-state index contributed by atoms with van der Waals surface area (Å²) >= 11 is 0. The van der Waals surface area contributed by atoms with Crippen molar-refractivity contribution in [2.45, 2.75) is 6.42 Å². The fourth-order valence-electron chi connectivity index (χ4n) is 1.42. The normalized spacial score (nSPS) is 11.4. The van der Waals surface area contributed by atoms with Crippen LogP contribution >= 0.6 is 0 Å². The Hall–Kier alpha value is -1.42. The van der Waals surface area contributed by atoms with Crippen molar-refractivity contribution in [3.05, 3.63) is 18.2 Å². The molecule has 0 atom stereocenters. The van der Waals surface area contributed by atoms with Crippen LogP contribution in [0.4, 0.5) is 11.4 Å². The van der Waals surface area contributed by atoms with E-state index in [0.29, 0.717) is 18.0 Å². The van der Waals surface area contributed by atoms with Gasteiger partial charge in [-0.15, -0.1) is 0 Å². The summed E-state index contributed by atoms with van der Waals surface area (Å²) in [5.41, 5.74) is 12.6. The summed E-state index contributed by atoms with van der Waals surface area (Å²) in [5.74, 6) is 0.718. The highest BCUT2D eigenvalue weighted by Gasteiger charge is 2.06. The molecule has 0 fully saturated rings. The zero-order chi connectivity index (χ0) is 12.2. The Labute approximate surface area is 97.4 Å². The third kappa shape index (κ3) is 4.40. The molecule has 0 amide bonds. The molecule has 0 saturated carbocycles. The third-order valence-electron chi connectivity index (χ3n) is 2.26. The first kappa shape index (κ1) is 12.6. The number of ether oxygens (including phenoxy) is 1. The molecule has 16 heavy (non-hydrogen) atoms. The van der Waals surface area contributed by atoms with Gasteiger partial charge in [0.1, 0.15) is 5.75 Å². The van der Waals surface area contributed by atoms with Crippen LogP contribution < -0.4 is 16.2 Å². The maximum atomic E-state index is 5.78. The van der Waals surface area contributed by atoms with Crippen molar-refractivity contribution in [3.8, 4) is 5.75 Å². The van der Waals surface area contributed by atoms with Crippen LogP contribution in [0.15, 0.2) is 18.2 Å². The fourth-order valence-corrected chi connectivity index (χ4v) is 1.42. The van der Waals surface area contributed by atoms with Gasteiger partial charge in [-0.2, -0.15) is 0 Å². The largest absolute Gasteiger partial charge is 0.491 e. The van der Waals surface area contributed by atoms with E-state index in [9.17, 15) is 0 Å². The second-order valence-electron chi connectivity index (χ2n) is 5.01. The Bertz CT molecular complexity index is 345. The van der Waals surface area contributed by atoms with Crippen molar-refractivity contribution in [3.63, 3.8) is 0 Å². The lowest BCUT2D eigenvalue weighted by atomic mass is 10.2. The Morgan fingerprint density at radius 3 is 2.44 bits per heavy atom. The minimum Gasteiger partial charge on any atom is -0.491 e. The number of quaternary nitrogens is 1. The van der Waals surface area contributed by atoms with Crippen LogP contribution in [0, 0.1) is 0 Å². The van der Waals surface area contributed by atoms with E-state index in [1.807, 2.05) is 6.07 Å². The standard InChI is InChI=1S/C12H22N3O/c1-15(2,3)7-4-8-16-12-6-5-10(13)9-11(12)14/h5-6,9H,4,7-8,13-14H2,1-3H3/q+1. The second kappa shape index (κ2) is 5.07. The highest BCUT2D eigenvalue weighted by Crippen LogP contribution is 2.23. The molecule has 90 valence electrons. The minimum atomic E-state index is 0.602. The molecule has 4 heteroatoms. The molecule has 4 N–H and O–H groups in total. The molecule has 0 aliphatic carbocycles. The quantitative estimate of drug-likeness (QED) is 0.450. The maximum Gasteiger partial charge on any atom is 0.142 e. The van der Waals surface area contributed by atoms with E-state index in [1.54, 1.807) is 12.1 Å². The molecule has 0 aliphatic heterocycles. The molecule has 4 nitrogen and oxygen atoms in total. The molecule has 0 aliphatic rings. The van der Waals surface area contributed by atoms with Crippen molar-refractivity contribution in [1.82, 2.24) is 0 Å². The van der Waals surface area contributed by atoms with Gasteiger partial charge in [-0.3, -0.25) is 0 Å². The summed E-state index contributed by atoms with van der Waals surface area (Å²) in [6, 6.07) is 5.33. The summed E-state index contributed by atoms with van der Waals surface area (Å²) in [7, 11) is 6.49.